The van der Waals surface area contributed by atoms with Crippen LogP contribution in [0.1, 0.15) is 24.4 Å². The normalized spacial score (nSPS) is 17.0. The molecule has 1 fully saturated rings. The number of anilines is 1. The van der Waals surface area contributed by atoms with Gasteiger partial charge in [-0.05, 0) is 25.5 Å². The summed E-state index contributed by atoms with van der Waals surface area (Å²) in [7, 11) is 6.91. The minimum absolute atomic E-state index is 0.0567. The van der Waals surface area contributed by atoms with Gasteiger partial charge in [0.1, 0.15) is 0 Å². The van der Waals surface area contributed by atoms with Crippen molar-refractivity contribution < 1.29 is 14.2 Å². The summed E-state index contributed by atoms with van der Waals surface area (Å²) in [4.78, 5) is 17.1. The van der Waals surface area contributed by atoms with Crippen molar-refractivity contribution in [2.75, 3.05) is 59.5 Å². The van der Waals surface area contributed by atoms with Crippen LogP contribution in [0.2, 0.25) is 0 Å². The molecule has 1 aliphatic heterocycles. The number of benzene rings is 1. The fourth-order valence-corrected chi connectivity index (χ4v) is 3.94. The minimum atomic E-state index is -0.0671. The van der Waals surface area contributed by atoms with Crippen LogP contribution in [-0.2, 0) is 11.3 Å². The van der Waals surface area contributed by atoms with Crippen LogP contribution >= 0.6 is 0 Å². The number of piperidine rings is 1. The number of para-hydroxylation sites is 1. The van der Waals surface area contributed by atoms with Crippen molar-refractivity contribution in [3.05, 3.63) is 46.4 Å². The van der Waals surface area contributed by atoms with Gasteiger partial charge in [0, 0.05) is 45.4 Å². The van der Waals surface area contributed by atoms with Crippen molar-refractivity contribution in [3.63, 3.8) is 0 Å². The summed E-state index contributed by atoms with van der Waals surface area (Å²) in [6, 6.07) is 7.65. The maximum atomic E-state index is 12.8. The van der Waals surface area contributed by atoms with Gasteiger partial charge >= 0.3 is 0 Å². The maximum absolute atomic E-state index is 12.8. The number of hydrogen-bond donors (Lipinski definition) is 0. The van der Waals surface area contributed by atoms with E-state index in [-0.39, 0.29) is 11.6 Å². The summed E-state index contributed by atoms with van der Waals surface area (Å²) in [5, 5.41) is 4.48. The zero-order valence-electron chi connectivity index (χ0n) is 18.3. The second kappa shape index (κ2) is 10.4. The zero-order valence-corrected chi connectivity index (χ0v) is 18.3. The fraction of sp³-hybridized carbons (Fsp3) is 0.545. The number of methoxy groups -OCH3 is 3. The smallest absolute Gasteiger partial charge is 0.269 e. The molecular weight excluding hydrogens is 384 g/mol. The molecule has 2 heterocycles. The Labute approximate surface area is 178 Å². The third-order valence-electron chi connectivity index (χ3n) is 5.59. The van der Waals surface area contributed by atoms with Crippen molar-refractivity contribution in [1.82, 2.24) is 14.7 Å². The second-order valence-electron chi connectivity index (χ2n) is 7.59. The first kappa shape index (κ1) is 22.1. The molecule has 2 aromatic rings. The van der Waals surface area contributed by atoms with E-state index >= 15 is 0 Å². The van der Waals surface area contributed by atoms with Gasteiger partial charge in [-0.15, -0.1) is 0 Å². The highest BCUT2D eigenvalue weighted by atomic mass is 16.5. The minimum Gasteiger partial charge on any atom is -0.493 e. The Morgan fingerprint density at radius 3 is 2.77 bits per heavy atom. The molecule has 1 aliphatic rings. The summed E-state index contributed by atoms with van der Waals surface area (Å²) >= 11 is 0. The highest BCUT2D eigenvalue weighted by Crippen LogP contribution is 2.32. The fourth-order valence-electron chi connectivity index (χ4n) is 3.94. The standard InChI is InChI=1S/C22H32N4O4/c1-24(11-12-28-2)19-13-21(27)26(23-14-19)18-8-6-10-25(16-18)15-17-7-5-9-20(29-3)22(17)30-4/h5,7,9,13-14,18H,6,8,10-12,15-16H2,1-4H3/t18-/m0/s1. The van der Waals surface area contributed by atoms with Crippen molar-refractivity contribution >= 4 is 5.69 Å². The molecule has 8 nitrogen and oxygen atoms in total. The molecule has 0 amide bonds. The Balaban J connectivity index is 1.72. The van der Waals surface area contributed by atoms with Gasteiger partial charge in [0.15, 0.2) is 11.5 Å². The van der Waals surface area contributed by atoms with E-state index in [2.05, 4.69) is 16.1 Å². The topological polar surface area (TPSA) is 69.1 Å². The molecule has 30 heavy (non-hydrogen) atoms. The summed E-state index contributed by atoms with van der Waals surface area (Å²) in [6.07, 6.45) is 3.72. The van der Waals surface area contributed by atoms with Crippen LogP contribution in [0, 0.1) is 0 Å². The molecule has 1 aromatic carbocycles. The third-order valence-corrected chi connectivity index (χ3v) is 5.59. The largest absolute Gasteiger partial charge is 0.493 e. The monoisotopic (exact) mass is 416 g/mol. The van der Waals surface area contributed by atoms with Crippen LogP contribution in [0.25, 0.3) is 0 Å². The Morgan fingerprint density at radius 1 is 1.23 bits per heavy atom. The lowest BCUT2D eigenvalue weighted by atomic mass is 10.0. The lowest BCUT2D eigenvalue weighted by Crippen LogP contribution is -2.40. The van der Waals surface area contributed by atoms with E-state index in [9.17, 15) is 4.79 Å². The zero-order chi connectivity index (χ0) is 21.5. The summed E-state index contributed by atoms with van der Waals surface area (Å²) in [5.41, 5.74) is 1.82. The molecule has 0 N–H and O–H groups in total. The van der Waals surface area contributed by atoms with Crippen LogP contribution in [0.3, 0.4) is 0 Å². The number of aromatic nitrogens is 2. The summed E-state index contributed by atoms with van der Waals surface area (Å²) in [5.74, 6) is 1.50. The third kappa shape index (κ3) is 5.12. The van der Waals surface area contributed by atoms with Crippen molar-refractivity contribution in [2.24, 2.45) is 0 Å². The Hall–Kier alpha value is -2.58. The number of likely N-dealkylation sites (tertiary alicyclic amines) is 1. The maximum Gasteiger partial charge on any atom is 0.269 e. The van der Waals surface area contributed by atoms with E-state index < -0.39 is 0 Å². The first-order valence-electron chi connectivity index (χ1n) is 10.3. The highest BCUT2D eigenvalue weighted by Gasteiger charge is 2.24. The van der Waals surface area contributed by atoms with Crippen LogP contribution in [0.15, 0.2) is 35.3 Å². The second-order valence-corrected chi connectivity index (χ2v) is 7.59. The molecule has 0 radical (unpaired) electrons. The SMILES string of the molecule is COCCN(C)c1cnn([C@H]2CCCN(Cc3cccc(OC)c3OC)C2)c(=O)c1. The molecule has 1 aromatic heterocycles. The molecule has 0 aliphatic carbocycles. The Kier molecular flexibility index (Phi) is 7.70. The average molecular weight is 417 g/mol. The van der Waals surface area contributed by atoms with Gasteiger partial charge in [-0.3, -0.25) is 9.69 Å². The molecule has 0 unspecified atom stereocenters. The number of rotatable bonds is 9. The van der Waals surface area contributed by atoms with E-state index in [0.29, 0.717) is 13.2 Å². The molecule has 8 heteroatoms. The summed E-state index contributed by atoms with van der Waals surface area (Å²) in [6.45, 7) is 3.80. The first-order valence-corrected chi connectivity index (χ1v) is 10.3. The van der Waals surface area contributed by atoms with Gasteiger partial charge in [0.25, 0.3) is 5.56 Å². The van der Waals surface area contributed by atoms with E-state index in [0.717, 1.165) is 55.2 Å². The Morgan fingerprint density at radius 2 is 2.07 bits per heavy atom. The van der Waals surface area contributed by atoms with Gasteiger partial charge in [0.2, 0.25) is 0 Å². The quantitative estimate of drug-likeness (QED) is 0.621. The van der Waals surface area contributed by atoms with E-state index in [1.54, 1.807) is 38.3 Å². The van der Waals surface area contributed by atoms with E-state index in [4.69, 9.17) is 14.2 Å². The Bertz CT molecular complexity index is 886. The van der Waals surface area contributed by atoms with Crippen LogP contribution < -0.4 is 19.9 Å². The lowest BCUT2D eigenvalue weighted by molar-refractivity contribution is 0.158. The van der Waals surface area contributed by atoms with Crippen LogP contribution in [0.5, 0.6) is 11.5 Å². The average Bonchev–Trinajstić information content (AvgIpc) is 2.77. The lowest BCUT2D eigenvalue weighted by Gasteiger charge is -2.33. The molecule has 0 bridgehead atoms. The van der Waals surface area contributed by atoms with E-state index in [1.165, 1.54) is 0 Å². The molecule has 0 spiro atoms. The molecule has 3 rings (SSSR count). The molecule has 1 atom stereocenters. The van der Waals surface area contributed by atoms with E-state index in [1.807, 2.05) is 24.1 Å². The number of hydrogen-bond acceptors (Lipinski definition) is 7. The molecule has 164 valence electrons. The molecular formula is C22H32N4O4. The highest BCUT2D eigenvalue weighted by molar-refractivity contribution is 5.46. The predicted molar refractivity (Wildman–Crippen MR) is 117 cm³/mol. The van der Waals surface area contributed by atoms with Gasteiger partial charge in [-0.1, -0.05) is 12.1 Å². The first-order chi connectivity index (χ1) is 14.6. The van der Waals surface area contributed by atoms with Crippen molar-refractivity contribution in [3.8, 4) is 11.5 Å². The van der Waals surface area contributed by atoms with Crippen LogP contribution in [0.4, 0.5) is 5.69 Å². The van der Waals surface area contributed by atoms with Crippen molar-refractivity contribution in [1.29, 1.82) is 0 Å². The summed E-state index contributed by atoms with van der Waals surface area (Å²) < 4.78 is 17.7. The van der Waals surface area contributed by atoms with Gasteiger partial charge < -0.3 is 19.1 Å². The van der Waals surface area contributed by atoms with Gasteiger partial charge in [-0.2, -0.15) is 5.10 Å². The number of likely N-dealkylation sites (N-methyl/N-ethyl adjacent to an activating group) is 1. The molecule has 0 saturated carbocycles. The van der Waals surface area contributed by atoms with Crippen LogP contribution in [-0.4, -0.2) is 69.3 Å². The predicted octanol–water partition coefficient (Wildman–Crippen LogP) is 2.18. The van der Waals surface area contributed by atoms with Gasteiger partial charge in [0.05, 0.1) is 38.8 Å². The van der Waals surface area contributed by atoms with Crippen molar-refractivity contribution in [2.45, 2.75) is 25.4 Å². The number of ether oxygens (including phenoxy) is 3. The number of nitrogens with zero attached hydrogens (tertiary/aromatic N) is 4. The molecule has 1 saturated heterocycles. The van der Waals surface area contributed by atoms with Gasteiger partial charge in [-0.25, -0.2) is 4.68 Å².